The van der Waals surface area contributed by atoms with E-state index in [9.17, 15) is 4.79 Å². The zero-order chi connectivity index (χ0) is 23.1. The number of ether oxygens (including phenoxy) is 5. The number of hydrogen-bond acceptors (Lipinski definition) is 6. The van der Waals surface area contributed by atoms with Gasteiger partial charge in [0.25, 0.3) is 0 Å². The molecule has 1 aromatic rings. The van der Waals surface area contributed by atoms with E-state index >= 15 is 0 Å². The summed E-state index contributed by atoms with van der Waals surface area (Å²) in [5.41, 5.74) is 0.710. The van der Waals surface area contributed by atoms with Crippen molar-refractivity contribution < 1.29 is 28.5 Å². The molecule has 1 saturated carbocycles. The van der Waals surface area contributed by atoms with Gasteiger partial charge in [-0.25, -0.2) is 4.79 Å². The van der Waals surface area contributed by atoms with E-state index in [2.05, 4.69) is 5.32 Å². The highest BCUT2D eigenvalue weighted by molar-refractivity contribution is 5.68. The van der Waals surface area contributed by atoms with Crippen molar-refractivity contribution in [3.63, 3.8) is 0 Å². The molecule has 0 atom stereocenters. The Morgan fingerprint density at radius 3 is 2.00 bits per heavy atom. The van der Waals surface area contributed by atoms with E-state index in [1.807, 2.05) is 51.1 Å². The normalized spacial score (nSPS) is 19.0. The standard InChI is InChI=1S/C25H41NO6/c1-25(2,3)32-24(27)26-23-11-9-22(10-12-23)20-31-18-16-29-14-13-28-15-17-30-19-21-7-5-4-6-8-21/h4-8,22-23H,9-20H2,1-3H3,(H,26,27). The lowest BCUT2D eigenvalue weighted by Crippen LogP contribution is -2.41. The van der Waals surface area contributed by atoms with Crippen molar-refractivity contribution in [3.05, 3.63) is 35.9 Å². The van der Waals surface area contributed by atoms with Gasteiger partial charge in [-0.05, 0) is 57.9 Å². The molecule has 0 unspecified atom stereocenters. The molecule has 7 nitrogen and oxygen atoms in total. The lowest BCUT2D eigenvalue weighted by atomic mass is 9.86. The van der Waals surface area contributed by atoms with Crippen LogP contribution in [0.2, 0.25) is 0 Å². The molecule has 182 valence electrons. The summed E-state index contributed by atoms with van der Waals surface area (Å²) in [5.74, 6) is 0.547. The minimum Gasteiger partial charge on any atom is -0.444 e. The highest BCUT2D eigenvalue weighted by atomic mass is 16.6. The fraction of sp³-hybridized carbons (Fsp3) is 0.720. The molecule has 0 aliphatic heterocycles. The third-order valence-electron chi connectivity index (χ3n) is 5.15. The topological polar surface area (TPSA) is 75.3 Å². The molecule has 1 fully saturated rings. The second-order valence-electron chi connectivity index (χ2n) is 9.20. The van der Waals surface area contributed by atoms with Crippen LogP contribution in [0.4, 0.5) is 4.79 Å². The Labute approximate surface area is 193 Å². The SMILES string of the molecule is CC(C)(C)OC(=O)NC1CCC(COCCOCCOCCOCc2ccccc2)CC1. The van der Waals surface area contributed by atoms with E-state index in [-0.39, 0.29) is 12.1 Å². The van der Waals surface area contributed by atoms with Crippen LogP contribution in [0.5, 0.6) is 0 Å². The lowest BCUT2D eigenvalue weighted by Gasteiger charge is -2.30. The summed E-state index contributed by atoms with van der Waals surface area (Å²) >= 11 is 0. The van der Waals surface area contributed by atoms with Crippen LogP contribution < -0.4 is 5.32 Å². The maximum atomic E-state index is 11.9. The molecule has 1 aliphatic rings. The van der Waals surface area contributed by atoms with Gasteiger partial charge in [-0.1, -0.05) is 30.3 Å². The molecule has 1 aromatic carbocycles. The van der Waals surface area contributed by atoms with Crippen LogP contribution in [0.3, 0.4) is 0 Å². The van der Waals surface area contributed by atoms with Gasteiger partial charge in [-0.3, -0.25) is 0 Å². The van der Waals surface area contributed by atoms with Crippen LogP contribution in [0.1, 0.15) is 52.0 Å². The maximum absolute atomic E-state index is 11.9. The minimum atomic E-state index is -0.458. The van der Waals surface area contributed by atoms with E-state index in [1.54, 1.807) is 0 Å². The molecule has 2 rings (SSSR count). The van der Waals surface area contributed by atoms with Crippen LogP contribution in [-0.2, 0) is 30.3 Å². The molecule has 0 radical (unpaired) electrons. The van der Waals surface area contributed by atoms with Crippen molar-refractivity contribution in [1.29, 1.82) is 0 Å². The van der Waals surface area contributed by atoms with Crippen molar-refractivity contribution in [2.24, 2.45) is 5.92 Å². The highest BCUT2D eigenvalue weighted by Gasteiger charge is 2.24. The smallest absolute Gasteiger partial charge is 0.407 e. The Hall–Kier alpha value is -1.67. The molecule has 0 heterocycles. The molecule has 1 amide bonds. The molecule has 7 heteroatoms. The largest absolute Gasteiger partial charge is 0.444 e. The summed E-state index contributed by atoms with van der Waals surface area (Å²) in [6.45, 7) is 10.4. The van der Waals surface area contributed by atoms with E-state index in [4.69, 9.17) is 23.7 Å². The predicted molar refractivity (Wildman–Crippen MR) is 124 cm³/mol. The average molecular weight is 452 g/mol. The van der Waals surface area contributed by atoms with Crippen LogP contribution in [0.25, 0.3) is 0 Å². The van der Waals surface area contributed by atoms with Gasteiger partial charge in [0, 0.05) is 12.6 Å². The van der Waals surface area contributed by atoms with E-state index in [1.165, 1.54) is 5.56 Å². The third-order valence-corrected chi connectivity index (χ3v) is 5.15. The number of rotatable bonds is 14. The van der Waals surface area contributed by atoms with Crippen LogP contribution >= 0.6 is 0 Å². The number of carbonyl (C=O) groups excluding carboxylic acids is 1. The predicted octanol–water partition coefficient (Wildman–Crippen LogP) is 4.34. The number of alkyl carbamates (subject to hydrolysis) is 1. The quantitative estimate of drug-likeness (QED) is 0.424. The number of hydrogen-bond donors (Lipinski definition) is 1. The van der Waals surface area contributed by atoms with Crippen LogP contribution in [0, 0.1) is 5.92 Å². The van der Waals surface area contributed by atoms with Gasteiger partial charge in [0.2, 0.25) is 0 Å². The van der Waals surface area contributed by atoms with Gasteiger partial charge in [0.05, 0.1) is 46.2 Å². The fourth-order valence-electron chi connectivity index (χ4n) is 3.52. The van der Waals surface area contributed by atoms with E-state index in [0.29, 0.717) is 52.2 Å². The first kappa shape index (κ1) is 26.6. The molecular weight excluding hydrogens is 410 g/mol. The fourth-order valence-corrected chi connectivity index (χ4v) is 3.52. The molecule has 0 aromatic heterocycles. The molecule has 32 heavy (non-hydrogen) atoms. The summed E-state index contributed by atoms with van der Waals surface area (Å²) in [4.78, 5) is 11.9. The monoisotopic (exact) mass is 451 g/mol. The van der Waals surface area contributed by atoms with Crippen molar-refractivity contribution >= 4 is 6.09 Å². The second-order valence-corrected chi connectivity index (χ2v) is 9.20. The number of carbonyl (C=O) groups is 1. The summed E-state index contributed by atoms with van der Waals surface area (Å²) < 4.78 is 27.7. The van der Waals surface area contributed by atoms with Crippen LogP contribution in [0.15, 0.2) is 30.3 Å². The molecule has 1 aliphatic carbocycles. The Morgan fingerprint density at radius 2 is 1.41 bits per heavy atom. The Morgan fingerprint density at radius 1 is 0.844 bits per heavy atom. The number of nitrogens with one attached hydrogen (secondary N) is 1. The first-order valence-corrected chi connectivity index (χ1v) is 11.8. The number of amides is 1. The minimum absolute atomic E-state index is 0.202. The van der Waals surface area contributed by atoms with E-state index < -0.39 is 5.60 Å². The van der Waals surface area contributed by atoms with Gasteiger partial charge in [-0.2, -0.15) is 0 Å². The molecular formula is C25H41NO6. The molecule has 0 spiro atoms. The Kier molecular flexibility index (Phi) is 12.6. The van der Waals surface area contributed by atoms with Gasteiger partial charge < -0.3 is 29.0 Å². The van der Waals surface area contributed by atoms with Crippen molar-refractivity contribution in [1.82, 2.24) is 5.32 Å². The summed E-state index contributed by atoms with van der Waals surface area (Å²) in [6, 6.07) is 10.3. The van der Waals surface area contributed by atoms with Crippen LogP contribution in [-0.4, -0.2) is 64.0 Å². The first-order valence-electron chi connectivity index (χ1n) is 11.8. The Balaban J connectivity index is 1.34. The Bertz CT molecular complexity index is 611. The second kappa shape index (κ2) is 15.2. The first-order chi connectivity index (χ1) is 15.4. The zero-order valence-electron chi connectivity index (χ0n) is 20.0. The van der Waals surface area contributed by atoms with E-state index in [0.717, 1.165) is 32.3 Å². The molecule has 1 N–H and O–H groups in total. The zero-order valence-corrected chi connectivity index (χ0v) is 20.0. The van der Waals surface area contributed by atoms with Crippen molar-refractivity contribution in [3.8, 4) is 0 Å². The maximum Gasteiger partial charge on any atom is 0.407 e. The molecule has 0 bridgehead atoms. The van der Waals surface area contributed by atoms with Gasteiger partial charge in [-0.15, -0.1) is 0 Å². The number of benzene rings is 1. The molecule has 0 saturated heterocycles. The van der Waals surface area contributed by atoms with Gasteiger partial charge in [0.15, 0.2) is 0 Å². The van der Waals surface area contributed by atoms with Gasteiger partial charge in [0.1, 0.15) is 5.60 Å². The highest BCUT2D eigenvalue weighted by Crippen LogP contribution is 2.24. The van der Waals surface area contributed by atoms with Gasteiger partial charge >= 0.3 is 6.09 Å². The third kappa shape index (κ3) is 13.0. The summed E-state index contributed by atoms with van der Waals surface area (Å²) in [5, 5.41) is 2.97. The summed E-state index contributed by atoms with van der Waals surface area (Å²) in [6.07, 6.45) is 3.73. The average Bonchev–Trinajstić information content (AvgIpc) is 2.75. The van der Waals surface area contributed by atoms with Crippen molar-refractivity contribution in [2.45, 2.75) is 64.7 Å². The summed E-state index contributed by atoms with van der Waals surface area (Å²) in [7, 11) is 0. The lowest BCUT2D eigenvalue weighted by molar-refractivity contribution is -0.00986. The van der Waals surface area contributed by atoms with Crippen molar-refractivity contribution in [2.75, 3.05) is 46.2 Å².